The van der Waals surface area contributed by atoms with Gasteiger partial charge in [-0.05, 0) is 31.0 Å². The molecule has 0 aliphatic carbocycles. The van der Waals surface area contributed by atoms with Crippen LogP contribution in [0.25, 0.3) is 0 Å². The number of halogens is 2. The first-order chi connectivity index (χ1) is 8.06. The number of rotatable bonds is 4. The summed E-state index contributed by atoms with van der Waals surface area (Å²) in [5, 5.41) is 6.53. The summed E-state index contributed by atoms with van der Waals surface area (Å²) in [7, 11) is 0. The lowest BCUT2D eigenvalue weighted by Crippen LogP contribution is -2.37. The van der Waals surface area contributed by atoms with Gasteiger partial charge in [0.1, 0.15) is 0 Å². The Balaban J connectivity index is 2.62. The summed E-state index contributed by atoms with van der Waals surface area (Å²) < 4.78 is 0. The molecular formula is C12H16Cl2N2O. The monoisotopic (exact) mass is 274 g/mol. The van der Waals surface area contributed by atoms with Gasteiger partial charge in [-0.25, -0.2) is 4.79 Å². The SMILES string of the molecule is CCC(CC)NC(=O)Nc1ccc(Cl)cc1Cl. The van der Waals surface area contributed by atoms with Crippen LogP contribution < -0.4 is 10.6 Å². The summed E-state index contributed by atoms with van der Waals surface area (Å²) in [6.45, 7) is 4.06. The number of amides is 2. The fourth-order valence-electron chi connectivity index (χ4n) is 1.43. The smallest absolute Gasteiger partial charge is 0.319 e. The quantitative estimate of drug-likeness (QED) is 0.844. The molecule has 17 heavy (non-hydrogen) atoms. The Kier molecular flexibility index (Phi) is 5.59. The van der Waals surface area contributed by atoms with Gasteiger partial charge in [-0.3, -0.25) is 0 Å². The molecule has 2 N–H and O–H groups in total. The lowest BCUT2D eigenvalue weighted by atomic mass is 10.2. The highest BCUT2D eigenvalue weighted by molar-refractivity contribution is 6.36. The topological polar surface area (TPSA) is 41.1 Å². The van der Waals surface area contributed by atoms with Crippen LogP contribution in [0.4, 0.5) is 10.5 Å². The Bertz CT molecular complexity index is 392. The van der Waals surface area contributed by atoms with E-state index in [4.69, 9.17) is 23.2 Å². The van der Waals surface area contributed by atoms with E-state index in [1.165, 1.54) is 0 Å². The number of hydrogen-bond acceptors (Lipinski definition) is 1. The van der Waals surface area contributed by atoms with E-state index in [2.05, 4.69) is 10.6 Å². The minimum Gasteiger partial charge on any atom is -0.335 e. The molecule has 0 radical (unpaired) electrons. The number of urea groups is 1. The van der Waals surface area contributed by atoms with Crippen LogP contribution in [-0.4, -0.2) is 12.1 Å². The fraction of sp³-hybridized carbons (Fsp3) is 0.417. The van der Waals surface area contributed by atoms with Crippen LogP contribution >= 0.6 is 23.2 Å². The zero-order chi connectivity index (χ0) is 12.8. The second-order valence-electron chi connectivity index (χ2n) is 3.74. The first-order valence-corrected chi connectivity index (χ1v) is 6.35. The zero-order valence-corrected chi connectivity index (χ0v) is 11.4. The van der Waals surface area contributed by atoms with Crippen LogP contribution in [0, 0.1) is 0 Å². The molecule has 0 saturated heterocycles. The standard InChI is InChI=1S/C12H16Cl2N2O/c1-3-9(4-2)15-12(17)16-11-6-5-8(13)7-10(11)14/h5-7,9H,3-4H2,1-2H3,(H2,15,16,17). The van der Waals surface area contributed by atoms with Crippen molar-refractivity contribution in [2.24, 2.45) is 0 Å². The molecule has 0 unspecified atom stereocenters. The predicted octanol–water partition coefficient (Wildman–Crippen LogP) is 4.30. The molecule has 0 heterocycles. The van der Waals surface area contributed by atoms with Crippen molar-refractivity contribution in [2.45, 2.75) is 32.7 Å². The fourth-order valence-corrected chi connectivity index (χ4v) is 1.88. The molecule has 1 aromatic carbocycles. The second-order valence-corrected chi connectivity index (χ2v) is 4.58. The first kappa shape index (κ1) is 14.1. The Morgan fingerprint density at radius 2 is 1.94 bits per heavy atom. The van der Waals surface area contributed by atoms with Crippen LogP contribution in [0.5, 0.6) is 0 Å². The maximum atomic E-state index is 11.7. The zero-order valence-electron chi connectivity index (χ0n) is 9.89. The maximum Gasteiger partial charge on any atom is 0.319 e. The van der Waals surface area contributed by atoms with Crippen molar-refractivity contribution in [1.29, 1.82) is 0 Å². The number of carbonyl (C=O) groups excluding carboxylic acids is 1. The maximum absolute atomic E-state index is 11.7. The lowest BCUT2D eigenvalue weighted by molar-refractivity contribution is 0.247. The Hall–Kier alpha value is -0.930. The van der Waals surface area contributed by atoms with Crippen molar-refractivity contribution in [3.8, 4) is 0 Å². The van der Waals surface area contributed by atoms with E-state index in [-0.39, 0.29) is 12.1 Å². The Morgan fingerprint density at radius 3 is 2.47 bits per heavy atom. The van der Waals surface area contributed by atoms with Crippen molar-refractivity contribution in [2.75, 3.05) is 5.32 Å². The Morgan fingerprint density at radius 1 is 1.29 bits per heavy atom. The molecule has 0 aliphatic heterocycles. The highest BCUT2D eigenvalue weighted by Crippen LogP contribution is 2.25. The minimum atomic E-state index is -0.247. The van der Waals surface area contributed by atoms with Crippen LogP contribution in [0.1, 0.15) is 26.7 Å². The van der Waals surface area contributed by atoms with E-state index in [0.29, 0.717) is 15.7 Å². The van der Waals surface area contributed by atoms with E-state index in [9.17, 15) is 4.79 Å². The van der Waals surface area contributed by atoms with E-state index < -0.39 is 0 Å². The molecule has 1 rings (SSSR count). The highest BCUT2D eigenvalue weighted by atomic mass is 35.5. The predicted molar refractivity (Wildman–Crippen MR) is 73.0 cm³/mol. The molecule has 0 aromatic heterocycles. The van der Waals surface area contributed by atoms with Crippen LogP contribution in [-0.2, 0) is 0 Å². The third-order valence-electron chi connectivity index (χ3n) is 2.50. The van der Waals surface area contributed by atoms with E-state index in [1.54, 1.807) is 18.2 Å². The van der Waals surface area contributed by atoms with E-state index in [0.717, 1.165) is 12.8 Å². The molecule has 0 saturated carbocycles. The largest absolute Gasteiger partial charge is 0.335 e. The minimum absolute atomic E-state index is 0.182. The van der Waals surface area contributed by atoms with Gasteiger partial charge in [-0.15, -0.1) is 0 Å². The molecule has 5 heteroatoms. The molecule has 0 atom stereocenters. The molecule has 0 spiro atoms. The summed E-state index contributed by atoms with van der Waals surface area (Å²) >= 11 is 11.7. The van der Waals surface area contributed by atoms with E-state index in [1.807, 2.05) is 13.8 Å². The lowest BCUT2D eigenvalue weighted by Gasteiger charge is -2.15. The third-order valence-corrected chi connectivity index (χ3v) is 3.05. The van der Waals surface area contributed by atoms with E-state index >= 15 is 0 Å². The van der Waals surface area contributed by atoms with Gasteiger partial charge in [0, 0.05) is 11.1 Å². The van der Waals surface area contributed by atoms with Gasteiger partial charge in [-0.1, -0.05) is 37.0 Å². The number of benzene rings is 1. The van der Waals surface area contributed by atoms with Crippen LogP contribution in [0.3, 0.4) is 0 Å². The van der Waals surface area contributed by atoms with Crippen molar-refractivity contribution >= 4 is 34.9 Å². The molecule has 0 aliphatic rings. The van der Waals surface area contributed by atoms with Crippen molar-refractivity contribution < 1.29 is 4.79 Å². The van der Waals surface area contributed by atoms with Gasteiger partial charge in [-0.2, -0.15) is 0 Å². The molecule has 2 amide bonds. The first-order valence-electron chi connectivity index (χ1n) is 5.59. The van der Waals surface area contributed by atoms with Crippen molar-refractivity contribution in [1.82, 2.24) is 5.32 Å². The molecule has 0 bridgehead atoms. The van der Waals surface area contributed by atoms with Crippen molar-refractivity contribution in [3.05, 3.63) is 28.2 Å². The molecular weight excluding hydrogens is 259 g/mol. The second kappa shape index (κ2) is 6.72. The number of hydrogen-bond donors (Lipinski definition) is 2. The average Bonchev–Trinajstić information content (AvgIpc) is 2.29. The summed E-state index contributed by atoms with van der Waals surface area (Å²) in [6.07, 6.45) is 1.80. The molecule has 1 aromatic rings. The third kappa shape index (κ3) is 4.44. The summed E-state index contributed by atoms with van der Waals surface area (Å²) in [6, 6.07) is 4.89. The van der Waals surface area contributed by atoms with Crippen LogP contribution in [0.2, 0.25) is 10.0 Å². The number of anilines is 1. The van der Waals surface area contributed by atoms with Gasteiger partial charge in [0.25, 0.3) is 0 Å². The highest BCUT2D eigenvalue weighted by Gasteiger charge is 2.09. The van der Waals surface area contributed by atoms with Gasteiger partial charge < -0.3 is 10.6 Å². The van der Waals surface area contributed by atoms with Crippen molar-refractivity contribution in [3.63, 3.8) is 0 Å². The van der Waals surface area contributed by atoms with Crippen LogP contribution in [0.15, 0.2) is 18.2 Å². The molecule has 0 fully saturated rings. The van der Waals surface area contributed by atoms with Gasteiger partial charge in [0.05, 0.1) is 10.7 Å². The Labute approximate surface area is 111 Å². The summed E-state index contributed by atoms with van der Waals surface area (Å²) in [5.74, 6) is 0. The molecule has 3 nitrogen and oxygen atoms in total. The summed E-state index contributed by atoms with van der Waals surface area (Å²) in [5.41, 5.74) is 0.555. The average molecular weight is 275 g/mol. The van der Waals surface area contributed by atoms with Gasteiger partial charge >= 0.3 is 6.03 Å². The number of nitrogens with one attached hydrogen (secondary N) is 2. The van der Waals surface area contributed by atoms with Gasteiger partial charge in [0.15, 0.2) is 0 Å². The normalized spacial score (nSPS) is 10.4. The summed E-state index contributed by atoms with van der Waals surface area (Å²) in [4.78, 5) is 11.7. The number of carbonyl (C=O) groups is 1. The molecule has 94 valence electrons. The van der Waals surface area contributed by atoms with Gasteiger partial charge in [0.2, 0.25) is 0 Å².